The predicted molar refractivity (Wildman–Crippen MR) is 71.4 cm³/mol. The second kappa shape index (κ2) is 4.84. The molecule has 3 heterocycles. The molecule has 0 radical (unpaired) electrons. The SMILES string of the molecule is O=C1CCc2cc(/C=C/C(=O)N3CCC3)cnc2N1. The number of aryl methyl sites for hydroxylation is 1. The highest BCUT2D eigenvalue weighted by Crippen LogP contribution is 2.21. The van der Waals surface area contributed by atoms with Crippen LogP contribution in [0.1, 0.15) is 24.0 Å². The minimum atomic E-state index is 0.0104. The Bertz CT molecular complexity index is 562. The first-order valence-electron chi connectivity index (χ1n) is 6.48. The summed E-state index contributed by atoms with van der Waals surface area (Å²) in [6, 6.07) is 1.97. The maximum Gasteiger partial charge on any atom is 0.246 e. The van der Waals surface area contributed by atoms with Crippen LogP contribution in [0.15, 0.2) is 18.3 Å². The molecule has 2 amide bonds. The number of amides is 2. The van der Waals surface area contributed by atoms with Crippen LogP contribution >= 0.6 is 0 Å². The molecule has 1 saturated heterocycles. The maximum atomic E-state index is 11.7. The number of rotatable bonds is 2. The van der Waals surface area contributed by atoms with Gasteiger partial charge in [-0.15, -0.1) is 0 Å². The van der Waals surface area contributed by atoms with Crippen molar-refractivity contribution in [1.29, 1.82) is 0 Å². The molecule has 0 unspecified atom stereocenters. The van der Waals surface area contributed by atoms with Gasteiger partial charge in [0.1, 0.15) is 5.82 Å². The zero-order valence-electron chi connectivity index (χ0n) is 10.6. The van der Waals surface area contributed by atoms with Crippen LogP contribution in [0.5, 0.6) is 0 Å². The van der Waals surface area contributed by atoms with E-state index in [1.165, 1.54) is 0 Å². The Morgan fingerprint density at radius 2 is 2.21 bits per heavy atom. The van der Waals surface area contributed by atoms with Crippen LogP contribution in [0.2, 0.25) is 0 Å². The molecule has 0 bridgehead atoms. The van der Waals surface area contributed by atoms with Crippen molar-refractivity contribution < 1.29 is 9.59 Å². The van der Waals surface area contributed by atoms with Crippen LogP contribution in [0.3, 0.4) is 0 Å². The van der Waals surface area contributed by atoms with E-state index in [4.69, 9.17) is 0 Å². The van der Waals surface area contributed by atoms with Crippen molar-refractivity contribution in [2.24, 2.45) is 0 Å². The third kappa shape index (κ3) is 2.50. The van der Waals surface area contributed by atoms with E-state index < -0.39 is 0 Å². The number of fused-ring (bicyclic) bond motifs is 1. The third-order valence-corrected chi connectivity index (χ3v) is 3.45. The maximum absolute atomic E-state index is 11.7. The topological polar surface area (TPSA) is 62.3 Å². The normalized spacial score (nSPS) is 17.9. The molecular formula is C14H15N3O2. The molecule has 1 aromatic rings. The standard InChI is InChI=1S/C14H15N3O2/c18-12-4-3-11-8-10(9-15-14(11)16-12)2-5-13(19)17-6-1-7-17/h2,5,8-9H,1,3-4,6-7H2,(H,15,16,18)/b5-2+. The van der Waals surface area contributed by atoms with Crippen molar-refractivity contribution in [2.75, 3.05) is 18.4 Å². The highest BCUT2D eigenvalue weighted by molar-refractivity contribution is 5.94. The summed E-state index contributed by atoms with van der Waals surface area (Å²) in [6.07, 6.45) is 7.34. The number of nitrogens with one attached hydrogen (secondary N) is 1. The van der Waals surface area contributed by atoms with Crippen molar-refractivity contribution in [1.82, 2.24) is 9.88 Å². The van der Waals surface area contributed by atoms with Crippen molar-refractivity contribution in [2.45, 2.75) is 19.3 Å². The summed E-state index contributed by atoms with van der Waals surface area (Å²) in [5.74, 6) is 0.705. The lowest BCUT2D eigenvalue weighted by molar-refractivity contribution is -0.129. The second-order valence-electron chi connectivity index (χ2n) is 4.84. The number of carbonyl (C=O) groups is 2. The van der Waals surface area contributed by atoms with E-state index in [0.717, 1.165) is 30.6 Å². The third-order valence-electron chi connectivity index (χ3n) is 3.45. The van der Waals surface area contributed by atoms with Gasteiger partial charge in [-0.25, -0.2) is 4.98 Å². The molecule has 5 heteroatoms. The first-order chi connectivity index (χ1) is 9.22. The van der Waals surface area contributed by atoms with Gasteiger partial charge in [0, 0.05) is 31.8 Å². The summed E-state index contributed by atoms with van der Waals surface area (Å²) in [7, 11) is 0. The van der Waals surface area contributed by atoms with Crippen LogP contribution < -0.4 is 5.32 Å². The van der Waals surface area contributed by atoms with Crippen LogP contribution in [-0.4, -0.2) is 34.8 Å². The van der Waals surface area contributed by atoms with Gasteiger partial charge < -0.3 is 10.2 Å². The summed E-state index contributed by atoms with van der Waals surface area (Å²) < 4.78 is 0. The molecule has 5 nitrogen and oxygen atoms in total. The van der Waals surface area contributed by atoms with E-state index >= 15 is 0 Å². The van der Waals surface area contributed by atoms with Gasteiger partial charge in [-0.1, -0.05) is 0 Å². The Kier molecular flexibility index (Phi) is 3.03. The molecule has 0 atom stereocenters. The summed E-state index contributed by atoms with van der Waals surface area (Å²) in [4.78, 5) is 28.9. The molecule has 1 fully saturated rings. The van der Waals surface area contributed by atoms with E-state index in [0.29, 0.717) is 18.7 Å². The predicted octanol–water partition coefficient (Wildman–Crippen LogP) is 1.21. The Balaban J connectivity index is 1.73. The summed E-state index contributed by atoms with van der Waals surface area (Å²) in [5.41, 5.74) is 1.92. The fraction of sp³-hybridized carbons (Fsp3) is 0.357. The number of anilines is 1. The lowest BCUT2D eigenvalue weighted by Crippen LogP contribution is -2.40. The minimum absolute atomic E-state index is 0.0104. The largest absolute Gasteiger partial charge is 0.339 e. The Labute approximate surface area is 111 Å². The Morgan fingerprint density at radius 1 is 1.37 bits per heavy atom. The number of likely N-dealkylation sites (tertiary alicyclic amines) is 1. The summed E-state index contributed by atoms with van der Waals surface area (Å²) >= 11 is 0. The van der Waals surface area contributed by atoms with E-state index in [9.17, 15) is 9.59 Å². The summed E-state index contributed by atoms with van der Waals surface area (Å²) in [6.45, 7) is 1.72. The van der Waals surface area contributed by atoms with Gasteiger partial charge in [0.05, 0.1) is 0 Å². The molecule has 0 aliphatic carbocycles. The van der Waals surface area contributed by atoms with Gasteiger partial charge in [-0.2, -0.15) is 0 Å². The Hall–Kier alpha value is -2.17. The lowest BCUT2D eigenvalue weighted by atomic mass is 10.0. The van der Waals surface area contributed by atoms with E-state index in [2.05, 4.69) is 10.3 Å². The zero-order valence-corrected chi connectivity index (χ0v) is 10.6. The number of pyridine rings is 1. The zero-order chi connectivity index (χ0) is 13.2. The lowest BCUT2D eigenvalue weighted by Gasteiger charge is -2.29. The van der Waals surface area contributed by atoms with Crippen molar-refractivity contribution in [3.05, 3.63) is 29.5 Å². The molecule has 0 spiro atoms. The van der Waals surface area contributed by atoms with E-state index in [1.807, 2.05) is 11.0 Å². The van der Waals surface area contributed by atoms with Crippen LogP contribution in [0, 0.1) is 0 Å². The van der Waals surface area contributed by atoms with Crippen LogP contribution in [0.25, 0.3) is 6.08 Å². The fourth-order valence-corrected chi connectivity index (χ4v) is 2.18. The number of hydrogen-bond acceptors (Lipinski definition) is 3. The van der Waals surface area contributed by atoms with Gasteiger partial charge in [-0.3, -0.25) is 9.59 Å². The average molecular weight is 257 g/mol. The monoisotopic (exact) mass is 257 g/mol. The van der Waals surface area contributed by atoms with Crippen molar-refractivity contribution >= 4 is 23.7 Å². The molecule has 19 heavy (non-hydrogen) atoms. The van der Waals surface area contributed by atoms with Crippen LogP contribution in [0.4, 0.5) is 5.82 Å². The molecule has 0 aromatic carbocycles. The molecule has 3 rings (SSSR count). The first kappa shape index (κ1) is 11.9. The number of aromatic nitrogens is 1. The van der Waals surface area contributed by atoms with Crippen molar-refractivity contribution in [3.63, 3.8) is 0 Å². The number of nitrogens with zero attached hydrogens (tertiary/aromatic N) is 2. The highest BCUT2D eigenvalue weighted by Gasteiger charge is 2.18. The van der Waals surface area contributed by atoms with Gasteiger partial charge >= 0.3 is 0 Å². The molecule has 1 aromatic heterocycles. The second-order valence-corrected chi connectivity index (χ2v) is 4.84. The molecule has 98 valence electrons. The molecule has 2 aliphatic heterocycles. The van der Waals surface area contributed by atoms with Gasteiger partial charge in [0.25, 0.3) is 0 Å². The average Bonchev–Trinajstić information content (AvgIpc) is 2.34. The fourth-order valence-electron chi connectivity index (χ4n) is 2.18. The van der Waals surface area contributed by atoms with Crippen molar-refractivity contribution in [3.8, 4) is 0 Å². The number of hydrogen-bond donors (Lipinski definition) is 1. The molecule has 0 saturated carbocycles. The Morgan fingerprint density at radius 3 is 2.95 bits per heavy atom. The van der Waals surface area contributed by atoms with Gasteiger partial charge in [0.15, 0.2) is 0 Å². The molecule has 1 N–H and O–H groups in total. The van der Waals surface area contributed by atoms with E-state index in [1.54, 1.807) is 18.3 Å². The quantitative estimate of drug-likeness (QED) is 0.810. The van der Waals surface area contributed by atoms with Crippen LogP contribution in [-0.2, 0) is 16.0 Å². The highest BCUT2D eigenvalue weighted by atomic mass is 16.2. The minimum Gasteiger partial charge on any atom is -0.339 e. The van der Waals surface area contributed by atoms with E-state index in [-0.39, 0.29) is 11.8 Å². The number of carbonyl (C=O) groups excluding carboxylic acids is 2. The summed E-state index contributed by atoms with van der Waals surface area (Å²) in [5, 5.41) is 2.74. The first-order valence-corrected chi connectivity index (χ1v) is 6.48. The smallest absolute Gasteiger partial charge is 0.246 e. The van der Waals surface area contributed by atoms with Gasteiger partial charge in [-0.05, 0) is 36.1 Å². The molecular weight excluding hydrogens is 242 g/mol. The van der Waals surface area contributed by atoms with Gasteiger partial charge in [0.2, 0.25) is 11.8 Å². The molecule has 2 aliphatic rings.